The fourth-order valence-corrected chi connectivity index (χ4v) is 0.883. The Hall–Kier alpha value is -1.13. The summed E-state index contributed by atoms with van der Waals surface area (Å²) in [6, 6.07) is 0. The first kappa shape index (κ1) is 6.98. The first-order valence-corrected chi connectivity index (χ1v) is 2.86. The van der Waals surface area contributed by atoms with E-state index in [4.69, 9.17) is 0 Å². The predicted octanol–water partition coefficient (Wildman–Crippen LogP) is -0.344. The maximum absolute atomic E-state index is 10.7. The molecule has 1 fully saturated rings. The van der Waals surface area contributed by atoms with Gasteiger partial charge in [0.05, 0.1) is 6.42 Å². The number of nitrogens with zero attached hydrogens (tertiary/aromatic N) is 2. The Morgan fingerprint density at radius 2 is 2.50 bits per heavy atom. The van der Waals surface area contributed by atoms with Crippen molar-refractivity contribution in [3.8, 4) is 0 Å². The second kappa shape index (κ2) is 2.24. The Morgan fingerprint density at radius 3 is 2.70 bits per heavy atom. The van der Waals surface area contributed by atoms with Crippen molar-refractivity contribution >= 4 is 5.91 Å². The number of likely N-dealkylation sites (tertiary alicyclic amines) is 1. The average Bonchev–Trinajstić information content (AvgIpc) is 2.14. The third-order valence-corrected chi connectivity index (χ3v) is 1.54. The Balaban J connectivity index is 2.66. The minimum Gasteiger partial charge on any atom is -0.283 e. The molecule has 0 bridgehead atoms. The highest BCUT2D eigenvalue weighted by atomic mass is 16.6. The van der Waals surface area contributed by atoms with E-state index in [0.717, 1.165) is 4.90 Å². The van der Waals surface area contributed by atoms with E-state index >= 15 is 0 Å². The van der Waals surface area contributed by atoms with E-state index < -0.39 is 11.1 Å². The summed E-state index contributed by atoms with van der Waals surface area (Å²) in [5, 5.41) is 10.1. The van der Waals surface area contributed by atoms with Crippen molar-refractivity contribution in [2.75, 3.05) is 7.05 Å². The molecule has 0 spiro atoms. The molecule has 1 aliphatic rings. The van der Waals surface area contributed by atoms with Crippen LogP contribution in [0.5, 0.6) is 0 Å². The molecule has 0 aromatic heterocycles. The summed E-state index contributed by atoms with van der Waals surface area (Å²) >= 11 is 0. The molecule has 0 saturated carbocycles. The van der Waals surface area contributed by atoms with Gasteiger partial charge in [-0.15, -0.1) is 0 Å². The molecule has 1 amide bonds. The number of amides is 1. The van der Waals surface area contributed by atoms with Crippen LogP contribution in [0, 0.1) is 16.5 Å². The van der Waals surface area contributed by atoms with Gasteiger partial charge >= 0.3 is 0 Å². The summed E-state index contributed by atoms with van der Waals surface area (Å²) in [5.74, 6) is -0.262. The molecule has 5 heteroatoms. The van der Waals surface area contributed by atoms with Crippen LogP contribution in [0.25, 0.3) is 0 Å². The van der Waals surface area contributed by atoms with Crippen molar-refractivity contribution in [1.82, 2.24) is 4.90 Å². The van der Waals surface area contributed by atoms with E-state index in [1.807, 2.05) is 0 Å². The first-order valence-electron chi connectivity index (χ1n) is 2.86. The fourth-order valence-electron chi connectivity index (χ4n) is 0.883. The molecule has 1 rings (SSSR count). The summed E-state index contributed by atoms with van der Waals surface area (Å²) in [6.45, 7) is 0. The SMILES string of the molecule is CN1C(=O)[CH]CC1[N+](=O)[O-]. The lowest BCUT2D eigenvalue weighted by molar-refractivity contribution is -0.541. The third-order valence-electron chi connectivity index (χ3n) is 1.54. The van der Waals surface area contributed by atoms with Gasteiger partial charge in [-0.3, -0.25) is 19.8 Å². The van der Waals surface area contributed by atoms with E-state index in [-0.39, 0.29) is 12.3 Å². The lowest BCUT2D eigenvalue weighted by atomic mass is 10.3. The topological polar surface area (TPSA) is 63.5 Å². The summed E-state index contributed by atoms with van der Waals surface area (Å²) in [4.78, 5) is 21.5. The number of rotatable bonds is 1. The van der Waals surface area contributed by atoms with Crippen LogP contribution >= 0.6 is 0 Å². The number of carbonyl (C=O) groups is 1. The van der Waals surface area contributed by atoms with Crippen LogP contribution in [0.1, 0.15) is 6.42 Å². The highest BCUT2D eigenvalue weighted by molar-refractivity contribution is 5.86. The molecule has 5 nitrogen and oxygen atoms in total. The van der Waals surface area contributed by atoms with Gasteiger partial charge in [0.2, 0.25) is 5.91 Å². The average molecular weight is 143 g/mol. The molecule has 1 unspecified atom stereocenters. The molecule has 10 heavy (non-hydrogen) atoms. The van der Waals surface area contributed by atoms with Crippen LogP contribution in [-0.4, -0.2) is 28.9 Å². The van der Waals surface area contributed by atoms with Crippen molar-refractivity contribution in [2.24, 2.45) is 0 Å². The van der Waals surface area contributed by atoms with E-state index in [1.54, 1.807) is 0 Å². The lowest BCUT2D eigenvalue weighted by Gasteiger charge is -2.10. The second-order valence-electron chi connectivity index (χ2n) is 2.15. The molecule has 55 valence electrons. The van der Waals surface area contributed by atoms with Crippen molar-refractivity contribution in [1.29, 1.82) is 0 Å². The molecule has 1 radical (unpaired) electrons. The quantitative estimate of drug-likeness (QED) is 0.372. The highest BCUT2D eigenvalue weighted by Crippen LogP contribution is 2.14. The highest BCUT2D eigenvalue weighted by Gasteiger charge is 2.36. The molecule has 1 heterocycles. The van der Waals surface area contributed by atoms with Crippen molar-refractivity contribution in [2.45, 2.75) is 12.6 Å². The third kappa shape index (κ3) is 0.940. The van der Waals surface area contributed by atoms with Crippen LogP contribution in [-0.2, 0) is 4.79 Å². The van der Waals surface area contributed by atoms with Crippen LogP contribution in [0.2, 0.25) is 0 Å². The maximum Gasteiger partial charge on any atom is 0.289 e. The van der Waals surface area contributed by atoms with Gasteiger partial charge in [-0.05, 0) is 0 Å². The Kier molecular flexibility index (Phi) is 1.57. The van der Waals surface area contributed by atoms with E-state index in [2.05, 4.69) is 0 Å². The molecule has 1 saturated heterocycles. The fraction of sp³-hybridized carbons (Fsp3) is 0.600. The minimum atomic E-state index is -0.840. The minimum absolute atomic E-state index is 0.225. The smallest absolute Gasteiger partial charge is 0.283 e. The van der Waals surface area contributed by atoms with Gasteiger partial charge in [0, 0.05) is 18.4 Å². The Morgan fingerprint density at radius 1 is 1.90 bits per heavy atom. The molecule has 0 aliphatic carbocycles. The van der Waals surface area contributed by atoms with Gasteiger partial charge in [-0.1, -0.05) is 0 Å². The van der Waals surface area contributed by atoms with Crippen LogP contribution in [0.15, 0.2) is 0 Å². The molecule has 1 aliphatic heterocycles. The maximum atomic E-state index is 10.7. The summed E-state index contributed by atoms with van der Waals surface area (Å²) in [5.41, 5.74) is 0. The van der Waals surface area contributed by atoms with Crippen molar-refractivity contribution < 1.29 is 9.72 Å². The zero-order chi connectivity index (χ0) is 7.72. The molecule has 1 atom stereocenters. The number of hydrogen-bond acceptors (Lipinski definition) is 3. The predicted molar refractivity (Wildman–Crippen MR) is 32.5 cm³/mol. The lowest BCUT2D eigenvalue weighted by Crippen LogP contribution is -2.34. The normalized spacial score (nSPS) is 25.5. The second-order valence-corrected chi connectivity index (χ2v) is 2.15. The van der Waals surface area contributed by atoms with E-state index in [0.29, 0.717) is 0 Å². The van der Waals surface area contributed by atoms with Gasteiger partial charge in [0.15, 0.2) is 0 Å². The van der Waals surface area contributed by atoms with Gasteiger partial charge in [-0.25, -0.2) is 0 Å². The van der Waals surface area contributed by atoms with E-state index in [1.165, 1.54) is 13.5 Å². The first-order chi connectivity index (χ1) is 4.63. The zero-order valence-corrected chi connectivity index (χ0v) is 5.48. The molecule has 0 aromatic carbocycles. The summed E-state index contributed by atoms with van der Waals surface area (Å²) < 4.78 is 0. The number of nitro groups is 1. The molecule has 0 N–H and O–H groups in total. The van der Waals surface area contributed by atoms with Crippen LogP contribution in [0.3, 0.4) is 0 Å². The molecular formula is C5H7N2O3. The number of carbonyl (C=O) groups excluding carboxylic acids is 1. The van der Waals surface area contributed by atoms with E-state index in [9.17, 15) is 14.9 Å². The standard InChI is InChI=1S/C5H7N2O3/c1-6-4(7(9)10)2-3-5(6)8/h3-4H,2H2,1H3. The van der Waals surface area contributed by atoms with Gasteiger partial charge in [-0.2, -0.15) is 0 Å². The van der Waals surface area contributed by atoms with Crippen molar-refractivity contribution in [3.05, 3.63) is 16.5 Å². The largest absolute Gasteiger partial charge is 0.289 e. The monoisotopic (exact) mass is 143 g/mol. The van der Waals surface area contributed by atoms with Crippen LogP contribution in [0.4, 0.5) is 0 Å². The molecule has 0 aromatic rings. The Labute approximate surface area is 57.8 Å². The number of hydrogen-bond donors (Lipinski definition) is 0. The Bertz CT molecular complexity index is 180. The summed E-state index contributed by atoms with van der Waals surface area (Å²) in [7, 11) is 1.43. The van der Waals surface area contributed by atoms with Crippen LogP contribution < -0.4 is 0 Å². The van der Waals surface area contributed by atoms with Gasteiger partial charge in [0.1, 0.15) is 0 Å². The zero-order valence-electron chi connectivity index (χ0n) is 5.48. The summed E-state index contributed by atoms with van der Waals surface area (Å²) in [6.07, 6.45) is 0.711. The molecular weight excluding hydrogens is 136 g/mol. The van der Waals surface area contributed by atoms with Gasteiger partial charge in [0.25, 0.3) is 6.17 Å². The van der Waals surface area contributed by atoms with Crippen molar-refractivity contribution in [3.63, 3.8) is 0 Å². The van der Waals surface area contributed by atoms with Gasteiger partial charge < -0.3 is 0 Å².